The molecule has 80 valence electrons. The zero-order valence-electron chi connectivity index (χ0n) is 8.90. The molecule has 1 rings (SSSR count). The molecule has 0 aliphatic heterocycles. The number of carbonyl (C=O) groups excluding carboxylic acids is 1. The molecule has 1 aromatic carbocycles. The Morgan fingerprint density at radius 3 is 2.60 bits per heavy atom. The number of rotatable bonds is 4. The summed E-state index contributed by atoms with van der Waals surface area (Å²) in [5.74, 6) is 0.140. The van der Waals surface area contributed by atoms with E-state index in [1.807, 2.05) is 25.1 Å². The van der Waals surface area contributed by atoms with E-state index in [-0.39, 0.29) is 0 Å². The maximum atomic E-state index is 11.4. The number of ether oxygens (including phenoxy) is 2. The van der Waals surface area contributed by atoms with Crippen LogP contribution in [0.3, 0.4) is 0 Å². The summed E-state index contributed by atoms with van der Waals surface area (Å²) in [5, 5.41) is 0. The Balaban J connectivity index is 2.56. The summed E-state index contributed by atoms with van der Waals surface area (Å²) in [6, 6.07) is 8.94. The van der Waals surface area contributed by atoms with Crippen molar-refractivity contribution in [3.05, 3.63) is 42.2 Å². The zero-order chi connectivity index (χ0) is 11.1. The molecule has 0 fully saturated rings. The quantitative estimate of drug-likeness (QED) is 0.328. The van der Waals surface area contributed by atoms with E-state index in [1.54, 1.807) is 19.1 Å². The van der Waals surface area contributed by atoms with Gasteiger partial charge in [-0.2, -0.15) is 0 Å². The normalized spacial score (nSPS) is 10.9. The van der Waals surface area contributed by atoms with Gasteiger partial charge in [-0.25, -0.2) is 4.79 Å². The Morgan fingerprint density at radius 2 is 2.00 bits per heavy atom. The lowest BCUT2D eigenvalue weighted by molar-refractivity contribution is -0.130. The van der Waals surface area contributed by atoms with Crippen molar-refractivity contribution in [1.29, 1.82) is 0 Å². The predicted molar refractivity (Wildman–Crippen MR) is 57.5 cm³/mol. The third-order valence-corrected chi connectivity index (χ3v) is 1.70. The molecule has 0 saturated carbocycles. The van der Waals surface area contributed by atoms with Crippen molar-refractivity contribution in [2.75, 3.05) is 6.61 Å². The number of hydrogen-bond donors (Lipinski definition) is 0. The van der Waals surface area contributed by atoms with E-state index in [9.17, 15) is 4.79 Å². The van der Waals surface area contributed by atoms with Crippen LogP contribution in [0, 0.1) is 0 Å². The molecule has 0 heterocycles. The number of carbonyl (C=O) groups is 1. The van der Waals surface area contributed by atoms with E-state index >= 15 is 0 Å². The summed E-state index contributed by atoms with van der Waals surface area (Å²) in [6.45, 7) is 4.04. The molecular weight excluding hydrogens is 192 g/mol. The van der Waals surface area contributed by atoms with Crippen LogP contribution in [0.15, 0.2) is 42.2 Å². The molecule has 3 heteroatoms. The van der Waals surface area contributed by atoms with Gasteiger partial charge in [0.05, 0.1) is 18.4 Å². The molecule has 1 aromatic rings. The van der Waals surface area contributed by atoms with Gasteiger partial charge in [-0.05, 0) is 26.0 Å². The highest BCUT2D eigenvalue weighted by Gasteiger charge is 2.06. The highest BCUT2D eigenvalue weighted by atomic mass is 16.5. The first-order valence-electron chi connectivity index (χ1n) is 4.79. The third-order valence-electron chi connectivity index (χ3n) is 1.70. The van der Waals surface area contributed by atoms with E-state index in [4.69, 9.17) is 9.47 Å². The first kappa shape index (κ1) is 11.3. The molecule has 0 aliphatic carbocycles. The molecule has 0 radical (unpaired) electrons. The minimum absolute atomic E-state index is 0.394. The Labute approximate surface area is 89.3 Å². The van der Waals surface area contributed by atoms with Gasteiger partial charge in [-0.3, -0.25) is 0 Å². The van der Waals surface area contributed by atoms with Crippen molar-refractivity contribution in [2.24, 2.45) is 0 Å². The summed E-state index contributed by atoms with van der Waals surface area (Å²) in [4.78, 5) is 11.4. The van der Waals surface area contributed by atoms with Crippen LogP contribution in [0.4, 0.5) is 0 Å². The van der Waals surface area contributed by atoms with Crippen molar-refractivity contribution in [1.82, 2.24) is 0 Å². The van der Waals surface area contributed by atoms with Crippen molar-refractivity contribution >= 4 is 5.97 Å². The van der Waals surface area contributed by atoms with Crippen LogP contribution >= 0.6 is 0 Å². The van der Waals surface area contributed by atoms with Gasteiger partial charge in [-0.1, -0.05) is 18.2 Å². The maximum Gasteiger partial charge on any atom is 0.342 e. The Bertz CT molecular complexity index is 341. The average molecular weight is 206 g/mol. The molecule has 0 amide bonds. The van der Waals surface area contributed by atoms with Crippen LogP contribution in [-0.2, 0) is 9.53 Å². The van der Waals surface area contributed by atoms with Crippen molar-refractivity contribution in [2.45, 2.75) is 13.8 Å². The molecule has 3 nitrogen and oxygen atoms in total. The third kappa shape index (κ3) is 3.85. The second-order valence-electron chi connectivity index (χ2n) is 2.96. The van der Waals surface area contributed by atoms with Crippen LogP contribution in [0.2, 0.25) is 0 Å². The average Bonchev–Trinajstić information content (AvgIpc) is 2.27. The van der Waals surface area contributed by atoms with Crippen LogP contribution in [0.25, 0.3) is 0 Å². The largest absolute Gasteiger partial charge is 0.501 e. The maximum absolute atomic E-state index is 11.4. The first-order valence-corrected chi connectivity index (χ1v) is 4.79. The summed E-state index contributed by atoms with van der Waals surface area (Å²) in [6.07, 6.45) is 1.41. The lowest BCUT2D eigenvalue weighted by Crippen LogP contribution is -2.09. The van der Waals surface area contributed by atoms with Crippen molar-refractivity contribution in [3.63, 3.8) is 0 Å². The number of benzene rings is 1. The Kier molecular flexibility index (Phi) is 4.41. The lowest BCUT2D eigenvalue weighted by Gasteiger charge is -2.03. The van der Waals surface area contributed by atoms with Gasteiger partial charge in [0.15, 0.2) is 0 Å². The van der Waals surface area contributed by atoms with E-state index < -0.39 is 5.97 Å². The minimum atomic E-state index is -0.394. The smallest absolute Gasteiger partial charge is 0.342 e. The molecule has 0 N–H and O–H groups in total. The molecule has 0 aromatic heterocycles. The fourth-order valence-corrected chi connectivity index (χ4v) is 0.933. The highest BCUT2D eigenvalue weighted by Crippen LogP contribution is 2.10. The lowest BCUT2D eigenvalue weighted by atomic mass is 10.3. The Hall–Kier alpha value is -1.77. The van der Waals surface area contributed by atoms with Crippen LogP contribution < -0.4 is 4.74 Å². The SMILES string of the molecule is CCOC=C(C)C(=O)Oc1ccccc1. The molecular formula is C12H14O3. The molecule has 0 spiro atoms. The standard InChI is InChI=1S/C12H14O3/c1-3-14-9-10(2)12(13)15-11-7-5-4-6-8-11/h4-9H,3H2,1-2H3. The first-order chi connectivity index (χ1) is 7.24. The van der Waals surface area contributed by atoms with E-state index in [1.165, 1.54) is 6.26 Å². The topological polar surface area (TPSA) is 35.5 Å². The van der Waals surface area contributed by atoms with Crippen molar-refractivity contribution in [3.8, 4) is 5.75 Å². The van der Waals surface area contributed by atoms with Crippen LogP contribution in [-0.4, -0.2) is 12.6 Å². The molecule has 0 bridgehead atoms. The predicted octanol–water partition coefficient (Wildman–Crippen LogP) is 2.53. The molecule has 0 atom stereocenters. The molecule has 0 aliphatic rings. The van der Waals surface area contributed by atoms with E-state index in [0.29, 0.717) is 17.9 Å². The Morgan fingerprint density at radius 1 is 1.33 bits per heavy atom. The van der Waals surface area contributed by atoms with Gasteiger partial charge >= 0.3 is 5.97 Å². The molecule has 0 unspecified atom stereocenters. The second-order valence-corrected chi connectivity index (χ2v) is 2.96. The fourth-order valence-electron chi connectivity index (χ4n) is 0.933. The zero-order valence-corrected chi connectivity index (χ0v) is 8.90. The van der Waals surface area contributed by atoms with Gasteiger partial charge in [0, 0.05) is 0 Å². The number of hydrogen-bond acceptors (Lipinski definition) is 3. The molecule has 0 saturated heterocycles. The van der Waals surface area contributed by atoms with E-state index in [2.05, 4.69) is 0 Å². The van der Waals surface area contributed by atoms with Crippen LogP contribution in [0.1, 0.15) is 13.8 Å². The van der Waals surface area contributed by atoms with Gasteiger partial charge in [0.2, 0.25) is 0 Å². The number of para-hydroxylation sites is 1. The highest BCUT2D eigenvalue weighted by molar-refractivity contribution is 5.89. The van der Waals surface area contributed by atoms with Gasteiger partial charge in [0.25, 0.3) is 0 Å². The van der Waals surface area contributed by atoms with E-state index in [0.717, 1.165) is 0 Å². The number of esters is 1. The summed E-state index contributed by atoms with van der Waals surface area (Å²) >= 11 is 0. The van der Waals surface area contributed by atoms with Crippen molar-refractivity contribution < 1.29 is 14.3 Å². The fraction of sp³-hybridized carbons (Fsp3) is 0.250. The second kappa shape index (κ2) is 5.86. The van der Waals surface area contributed by atoms with Gasteiger partial charge in [0.1, 0.15) is 5.75 Å². The monoisotopic (exact) mass is 206 g/mol. The van der Waals surface area contributed by atoms with Gasteiger partial charge < -0.3 is 9.47 Å². The van der Waals surface area contributed by atoms with Crippen LogP contribution in [0.5, 0.6) is 5.75 Å². The summed E-state index contributed by atoms with van der Waals surface area (Å²) in [7, 11) is 0. The summed E-state index contributed by atoms with van der Waals surface area (Å²) in [5.41, 5.74) is 0.445. The van der Waals surface area contributed by atoms with Gasteiger partial charge in [-0.15, -0.1) is 0 Å². The minimum Gasteiger partial charge on any atom is -0.501 e. The molecule has 15 heavy (non-hydrogen) atoms. The summed E-state index contributed by atoms with van der Waals surface area (Å²) < 4.78 is 10.1.